The SMILES string of the molecule is Cc1ccc2c(c1)C=C[C@H]1N2[C@H](C(=O)c2ccc(Cl)cc2)[C@@H](C(=O)c2cccnc2)[C@]12C(=O)Nc1ccccc12. The number of carbonyl (C=O) groups is 3. The standard InChI is InChI=1S/C33H24ClN3O3/c1-19-8-14-26-21(17-19)11-15-27-33(24-6-2-3-7-25(24)36-32(33)40)28(30(38)22-5-4-16-35-18-22)29(37(26)27)31(39)20-9-12-23(34)13-10-20/h2-18,27-29H,1H3,(H,36,40)/t27-,28+,29+,33-/m1/s1. The lowest BCUT2D eigenvalue weighted by Gasteiger charge is -2.37. The number of pyridine rings is 1. The smallest absolute Gasteiger partial charge is 0.238 e. The van der Waals surface area contributed by atoms with Crippen molar-refractivity contribution in [2.45, 2.75) is 24.4 Å². The first-order valence-electron chi connectivity index (χ1n) is 13.1. The van der Waals surface area contributed by atoms with E-state index in [1.165, 1.54) is 6.20 Å². The lowest BCUT2D eigenvalue weighted by molar-refractivity contribution is -0.121. The summed E-state index contributed by atoms with van der Waals surface area (Å²) >= 11 is 6.16. The second-order valence-electron chi connectivity index (χ2n) is 10.5. The molecule has 1 aromatic heterocycles. The molecule has 4 atom stereocenters. The van der Waals surface area contributed by atoms with E-state index in [0.29, 0.717) is 27.4 Å². The first-order valence-corrected chi connectivity index (χ1v) is 13.5. The van der Waals surface area contributed by atoms with Gasteiger partial charge in [0.05, 0.1) is 12.0 Å². The Morgan fingerprint density at radius 3 is 2.52 bits per heavy atom. The topological polar surface area (TPSA) is 79.4 Å². The van der Waals surface area contributed by atoms with Gasteiger partial charge in [0.1, 0.15) is 11.5 Å². The number of anilines is 2. The molecule has 1 amide bonds. The quantitative estimate of drug-likeness (QED) is 0.323. The number of Topliss-reactive ketones (excluding diaryl/α,β-unsaturated/α-hetero) is 2. The van der Waals surface area contributed by atoms with Crippen molar-refractivity contribution in [2.75, 3.05) is 10.2 Å². The number of aromatic nitrogens is 1. The molecule has 3 aliphatic heterocycles. The highest BCUT2D eigenvalue weighted by molar-refractivity contribution is 6.30. The fourth-order valence-electron chi connectivity index (χ4n) is 6.77. The molecule has 1 spiro atoms. The van der Waals surface area contributed by atoms with Crippen LogP contribution in [0.1, 0.15) is 37.4 Å². The molecular formula is C33H24ClN3O3. The van der Waals surface area contributed by atoms with Crippen molar-refractivity contribution >= 4 is 46.5 Å². The first kappa shape index (κ1) is 24.5. The third kappa shape index (κ3) is 3.36. The number of fused-ring (bicyclic) bond motifs is 6. The van der Waals surface area contributed by atoms with Crippen LogP contribution in [-0.4, -0.2) is 34.5 Å². The molecule has 7 heteroatoms. The zero-order valence-electron chi connectivity index (χ0n) is 21.5. The Hall–Kier alpha value is -4.55. The Bertz CT molecular complexity index is 1730. The lowest BCUT2D eigenvalue weighted by atomic mass is 9.64. The van der Waals surface area contributed by atoms with Gasteiger partial charge in [0, 0.05) is 39.9 Å². The Morgan fingerprint density at radius 2 is 1.75 bits per heavy atom. The number of para-hydroxylation sites is 1. The summed E-state index contributed by atoms with van der Waals surface area (Å²) in [6, 6.07) is 22.0. The molecule has 6 nitrogen and oxygen atoms in total. The van der Waals surface area contributed by atoms with Crippen molar-refractivity contribution in [3.63, 3.8) is 0 Å². The van der Waals surface area contributed by atoms with Crippen LogP contribution in [0.25, 0.3) is 6.08 Å². The van der Waals surface area contributed by atoms with Crippen LogP contribution in [0.2, 0.25) is 5.02 Å². The van der Waals surface area contributed by atoms with Gasteiger partial charge < -0.3 is 10.2 Å². The Kier molecular flexibility index (Phi) is 5.51. The molecule has 196 valence electrons. The summed E-state index contributed by atoms with van der Waals surface area (Å²) in [6.07, 6.45) is 7.07. The fourth-order valence-corrected chi connectivity index (χ4v) is 6.90. The molecule has 4 heterocycles. The van der Waals surface area contributed by atoms with Gasteiger partial charge in [-0.15, -0.1) is 0 Å². The zero-order chi connectivity index (χ0) is 27.6. The summed E-state index contributed by atoms with van der Waals surface area (Å²) in [7, 11) is 0. The summed E-state index contributed by atoms with van der Waals surface area (Å²) in [6.45, 7) is 2.01. The van der Waals surface area contributed by atoms with Crippen LogP contribution in [0.15, 0.2) is 97.3 Å². The highest BCUT2D eigenvalue weighted by atomic mass is 35.5. The number of benzene rings is 3. The van der Waals surface area contributed by atoms with Gasteiger partial charge in [-0.2, -0.15) is 0 Å². The summed E-state index contributed by atoms with van der Waals surface area (Å²) in [4.78, 5) is 49.7. The minimum atomic E-state index is -1.35. The zero-order valence-corrected chi connectivity index (χ0v) is 22.3. The number of hydrogen-bond acceptors (Lipinski definition) is 5. The van der Waals surface area contributed by atoms with Crippen molar-refractivity contribution in [2.24, 2.45) is 5.92 Å². The lowest BCUT2D eigenvalue weighted by Crippen LogP contribution is -2.51. The van der Waals surface area contributed by atoms with Gasteiger partial charge in [-0.3, -0.25) is 19.4 Å². The average molecular weight is 546 g/mol. The molecule has 0 bridgehead atoms. The minimum Gasteiger partial charge on any atom is -0.352 e. The van der Waals surface area contributed by atoms with Crippen LogP contribution in [0.4, 0.5) is 11.4 Å². The molecule has 40 heavy (non-hydrogen) atoms. The molecule has 1 N–H and O–H groups in total. The van der Waals surface area contributed by atoms with E-state index in [9.17, 15) is 14.4 Å². The monoisotopic (exact) mass is 545 g/mol. The Labute approximate surface area is 236 Å². The Balaban J connectivity index is 1.54. The van der Waals surface area contributed by atoms with Gasteiger partial charge in [0.25, 0.3) is 0 Å². The summed E-state index contributed by atoms with van der Waals surface area (Å²) < 4.78 is 0. The van der Waals surface area contributed by atoms with Gasteiger partial charge in [-0.05, 0) is 72.6 Å². The third-order valence-electron chi connectivity index (χ3n) is 8.41. The van der Waals surface area contributed by atoms with Crippen LogP contribution < -0.4 is 10.2 Å². The van der Waals surface area contributed by atoms with Crippen molar-refractivity contribution in [3.8, 4) is 0 Å². The average Bonchev–Trinajstić information content (AvgIpc) is 3.45. The van der Waals surface area contributed by atoms with Gasteiger partial charge >= 0.3 is 0 Å². The third-order valence-corrected chi connectivity index (χ3v) is 8.67. The van der Waals surface area contributed by atoms with E-state index in [1.807, 2.05) is 60.4 Å². The van der Waals surface area contributed by atoms with E-state index < -0.39 is 23.4 Å². The largest absolute Gasteiger partial charge is 0.352 e. The van der Waals surface area contributed by atoms with Crippen LogP contribution in [-0.2, 0) is 10.2 Å². The summed E-state index contributed by atoms with van der Waals surface area (Å²) in [5, 5.41) is 3.55. The molecule has 1 fully saturated rings. The second-order valence-corrected chi connectivity index (χ2v) is 11.0. The minimum absolute atomic E-state index is 0.250. The van der Waals surface area contributed by atoms with E-state index >= 15 is 0 Å². The molecule has 4 aromatic rings. The van der Waals surface area contributed by atoms with E-state index in [1.54, 1.807) is 42.6 Å². The van der Waals surface area contributed by atoms with Crippen LogP contribution >= 0.6 is 11.6 Å². The number of ketones is 2. The molecule has 0 saturated carbocycles. The molecule has 1 saturated heterocycles. The Morgan fingerprint density at radius 1 is 0.950 bits per heavy atom. The number of rotatable bonds is 4. The second kappa shape index (κ2) is 9.00. The number of amides is 1. The van der Waals surface area contributed by atoms with Crippen LogP contribution in [0.3, 0.4) is 0 Å². The van der Waals surface area contributed by atoms with E-state index in [0.717, 1.165) is 16.8 Å². The van der Waals surface area contributed by atoms with Gasteiger partial charge in [0.15, 0.2) is 11.6 Å². The van der Waals surface area contributed by atoms with Crippen LogP contribution in [0.5, 0.6) is 0 Å². The maximum absolute atomic E-state index is 14.6. The maximum atomic E-state index is 14.6. The van der Waals surface area contributed by atoms with Crippen LogP contribution in [0, 0.1) is 12.8 Å². The number of carbonyl (C=O) groups excluding carboxylic acids is 3. The molecular weight excluding hydrogens is 522 g/mol. The fraction of sp³-hybridized carbons (Fsp3) is 0.152. The molecule has 0 radical (unpaired) electrons. The van der Waals surface area contributed by atoms with Gasteiger partial charge in [-0.25, -0.2) is 0 Å². The first-order chi connectivity index (χ1) is 19.4. The van der Waals surface area contributed by atoms with E-state index in [-0.39, 0.29) is 17.5 Å². The molecule has 7 rings (SSSR count). The number of aryl methyl sites for hydroxylation is 1. The molecule has 0 aliphatic carbocycles. The molecule has 3 aliphatic rings. The highest BCUT2D eigenvalue weighted by Crippen LogP contribution is 2.58. The molecule has 3 aromatic carbocycles. The van der Waals surface area contributed by atoms with Crippen molar-refractivity contribution in [1.29, 1.82) is 0 Å². The number of nitrogens with zero attached hydrogens (tertiary/aromatic N) is 2. The summed E-state index contributed by atoms with van der Waals surface area (Å²) in [5.74, 6) is -1.88. The molecule has 0 unspecified atom stereocenters. The van der Waals surface area contributed by atoms with Gasteiger partial charge in [0.2, 0.25) is 5.91 Å². The number of hydrogen-bond donors (Lipinski definition) is 1. The highest BCUT2D eigenvalue weighted by Gasteiger charge is 2.70. The summed E-state index contributed by atoms with van der Waals surface area (Å²) in [5.41, 5.74) is 3.60. The van der Waals surface area contributed by atoms with E-state index in [2.05, 4.69) is 16.4 Å². The van der Waals surface area contributed by atoms with Crippen molar-refractivity contribution in [1.82, 2.24) is 4.98 Å². The maximum Gasteiger partial charge on any atom is 0.238 e. The number of nitrogens with one attached hydrogen (secondary N) is 1. The van der Waals surface area contributed by atoms with E-state index in [4.69, 9.17) is 11.6 Å². The normalized spacial score (nSPS) is 23.9. The van der Waals surface area contributed by atoms with Crippen molar-refractivity contribution < 1.29 is 14.4 Å². The van der Waals surface area contributed by atoms with Gasteiger partial charge in [-0.1, -0.05) is 53.6 Å². The predicted molar refractivity (Wildman–Crippen MR) is 155 cm³/mol. The van der Waals surface area contributed by atoms with Crippen molar-refractivity contribution in [3.05, 3.63) is 130 Å². The predicted octanol–water partition coefficient (Wildman–Crippen LogP) is 5.90. The number of halogens is 1.